The van der Waals surface area contributed by atoms with Crippen LogP contribution in [0.4, 0.5) is 0 Å². The third-order valence-corrected chi connectivity index (χ3v) is 2.79. The van der Waals surface area contributed by atoms with Crippen LogP contribution in [-0.2, 0) is 0 Å². The Bertz CT molecular complexity index is 296. The smallest absolute Gasteiger partial charge is 0.0327 e. The predicted molar refractivity (Wildman–Crippen MR) is 53.5 cm³/mol. The van der Waals surface area contributed by atoms with Crippen LogP contribution in [0.2, 0.25) is 0 Å². The summed E-state index contributed by atoms with van der Waals surface area (Å²) in [4.78, 5) is 4.11. The van der Waals surface area contributed by atoms with Crippen molar-refractivity contribution >= 4 is 0 Å². The summed E-state index contributed by atoms with van der Waals surface area (Å²) in [5.41, 5.74) is 2.72. The molecule has 1 aliphatic rings. The summed E-state index contributed by atoms with van der Waals surface area (Å²) < 4.78 is 0. The SMILES string of the molecule is Cc1cnccc1[C@@H]1C[C@H](C)CN1. The third kappa shape index (κ3) is 1.73. The average Bonchev–Trinajstić information content (AvgIpc) is 2.53. The van der Waals surface area contributed by atoms with Crippen molar-refractivity contribution in [3.05, 3.63) is 29.6 Å². The molecule has 2 nitrogen and oxygen atoms in total. The van der Waals surface area contributed by atoms with E-state index in [2.05, 4.69) is 30.2 Å². The summed E-state index contributed by atoms with van der Waals surface area (Å²) in [6.45, 7) is 5.57. The fraction of sp³-hybridized carbons (Fsp3) is 0.545. The quantitative estimate of drug-likeness (QED) is 0.708. The van der Waals surface area contributed by atoms with Crippen molar-refractivity contribution in [1.82, 2.24) is 10.3 Å². The van der Waals surface area contributed by atoms with Gasteiger partial charge >= 0.3 is 0 Å². The normalized spacial score (nSPS) is 27.8. The summed E-state index contributed by atoms with van der Waals surface area (Å²) >= 11 is 0. The second-order valence-electron chi connectivity index (χ2n) is 4.03. The summed E-state index contributed by atoms with van der Waals surface area (Å²) in [7, 11) is 0. The molecule has 0 saturated carbocycles. The van der Waals surface area contributed by atoms with Gasteiger partial charge in [0.05, 0.1) is 0 Å². The molecule has 1 aromatic heterocycles. The lowest BCUT2D eigenvalue weighted by atomic mass is 9.99. The molecule has 1 fully saturated rings. The molecule has 0 aromatic carbocycles. The highest BCUT2D eigenvalue weighted by Gasteiger charge is 2.22. The first-order valence-electron chi connectivity index (χ1n) is 4.91. The van der Waals surface area contributed by atoms with Gasteiger partial charge in [-0.2, -0.15) is 0 Å². The van der Waals surface area contributed by atoms with E-state index in [1.54, 1.807) is 0 Å². The Kier molecular flexibility index (Phi) is 2.32. The van der Waals surface area contributed by atoms with Gasteiger partial charge in [-0.05, 0) is 43.0 Å². The second kappa shape index (κ2) is 3.46. The molecule has 0 unspecified atom stereocenters. The van der Waals surface area contributed by atoms with Gasteiger partial charge in [-0.25, -0.2) is 0 Å². The van der Waals surface area contributed by atoms with Crippen molar-refractivity contribution in [2.24, 2.45) is 5.92 Å². The van der Waals surface area contributed by atoms with Crippen molar-refractivity contribution in [3.63, 3.8) is 0 Å². The minimum absolute atomic E-state index is 0.554. The van der Waals surface area contributed by atoms with Gasteiger partial charge in [0.2, 0.25) is 0 Å². The molecule has 2 heterocycles. The lowest BCUT2D eigenvalue weighted by Crippen LogP contribution is -2.14. The van der Waals surface area contributed by atoms with Crippen LogP contribution in [0, 0.1) is 12.8 Å². The number of aryl methyl sites for hydroxylation is 1. The van der Waals surface area contributed by atoms with Crippen LogP contribution in [0.15, 0.2) is 18.5 Å². The molecular formula is C11H16N2. The molecule has 0 aliphatic carbocycles. The number of hydrogen-bond acceptors (Lipinski definition) is 2. The molecular weight excluding hydrogens is 160 g/mol. The second-order valence-corrected chi connectivity index (χ2v) is 4.03. The van der Waals surface area contributed by atoms with Crippen LogP contribution in [0.5, 0.6) is 0 Å². The summed E-state index contributed by atoms with van der Waals surface area (Å²) in [6.07, 6.45) is 5.08. The van der Waals surface area contributed by atoms with Gasteiger partial charge in [0.25, 0.3) is 0 Å². The fourth-order valence-corrected chi connectivity index (χ4v) is 2.02. The molecule has 0 bridgehead atoms. The lowest BCUT2D eigenvalue weighted by molar-refractivity contribution is 0.609. The van der Waals surface area contributed by atoms with Gasteiger partial charge < -0.3 is 5.32 Å². The van der Waals surface area contributed by atoms with E-state index in [0.717, 1.165) is 12.5 Å². The van der Waals surface area contributed by atoms with Crippen molar-refractivity contribution in [2.45, 2.75) is 26.3 Å². The highest BCUT2D eigenvalue weighted by Crippen LogP contribution is 2.27. The van der Waals surface area contributed by atoms with Gasteiger partial charge in [-0.1, -0.05) is 6.92 Å². The van der Waals surface area contributed by atoms with Gasteiger partial charge in [-0.3, -0.25) is 4.98 Å². The molecule has 1 aromatic rings. The Morgan fingerprint density at radius 1 is 1.54 bits per heavy atom. The van der Waals surface area contributed by atoms with Gasteiger partial charge in [-0.15, -0.1) is 0 Å². The molecule has 2 heteroatoms. The predicted octanol–water partition coefficient (Wildman–Crippen LogP) is 2.06. The van der Waals surface area contributed by atoms with E-state index in [1.165, 1.54) is 17.5 Å². The van der Waals surface area contributed by atoms with E-state index in [1.807, 2.05) is 12.4 Å². The monoisotopic (exact) mass is 176 g/mol. The first-order valence-corrected chi connectivity index (χ1v) is 4.91. The Labute approximate surface area is 79.4 Å². The van der Waals surface area contributed by atoms with Crippen molar-refractivity contribution in [3.8, 4) is 0 Å². The van der Waals surface area contributed by atoms with Crippen LogP contribution in [-0.4, -0.2) is 11.5 Å². The zero-order valence-electron chi connectivity index (χ0n) is 8.25. The molecule has 0 radical (unpaired) electrons. The molecule has 0 spiro atoms. The van der Waals surface area contributed by atoms with Gasteiger partial charge in [0.15, 0.2) is 0 Å². The Morgan fingerprint density at radius 2 is 2.38 bits per heavy atom. The molecule has 1 aliphatic heterocycles. The van der Waals surface area contributed by atoms with E-state index >= 15 is 0 Å². The topological polar surface area (TPSA) is 24.9 Å². The number of hydrogen-bond donors (Lipinski definition) is 1. The lowest BCUT2D eigenvalue weighted by Gasteiger charge is -2.12. The number of aromatic nitrogens is 1. The maximum absolute atomic E-state index is 4.11. The first-order chi connectivity index (χ1) is 6.27. The molecule has 13 heavy (non-hydrogen) atoms. The van der Waals surface area contributed by atoms with Crippen molar-refractivity contribution in [2.75, 3.05) is 6.54 Å². The standard InChI is InChI=1S/C11H16N2/c1-8-5-11(13-6-8)10-3-4-12-7-9(10)2/h3-4,7-8,11,13H,5-6H2,1-2H3/t8-,11-/m0/s1. The van der Waals surface area contributed by atoms with Gasteiger partial charge in [0.1, 0.15) is 0 Å². The summed E-state index contributed by atoms with van der Waals surface area (Å²) in [5, 5.41) is 3.54. The Morgan fingerprint density at radius 3 is 3.00 bits per heavy atom. The number of pyridine rings is 1. The van der Waals surface area contributed by atoms with Crippen molar-refractivity contribution in [1.29, 1.82) is 0 Å². The molecule has 70 valence electrons. The summed E-state index contributed by atoms with van der Waals surface area (Å²) in [5.74, 6) is 0.803. The minimum Gasteiger partial charge on any atom is -0.310 e. The van der Waals surface area contributed by atoms with E-state index in [4.69, 9.17) is 0 Å². The molecule has 0 amide bonds. The molecule has 2 atom stereocenters. The maximum atomic E-state index is 4.11. The number of rotatable bonds is 1. The number of nitrogens with one attached hydrogen (secondary N) is 1. The van der Waals surface area contributed by atoms with Crippen molar-refractivity contribution < 1.29 is 0 Å². The average molecular weight is 176 g/mol. The van der Waals surface area contributed by atoms with E-state index in [0.29, 0.717) is 6.04 Å². The fourth-order valence-electron chi connectivity index (χ4n) is 2.02. The Hall–Kier alpha value is -0.890. The van der Waals surface area contributed by atoms with Crippen LogP contribution in [0.1, 0.15) is 30.5 Å². The highest BCUT2D eigenvalue weighted by atomic mass is 14.9. The molecule has 1 N–H and O–H groups in total. The van der Waals surface area contributed by atoms with E-state index in [9.17, 15) is 0 Å². The third-order valence-electron chi connectivity index (χ3n) is 2.79. The first kappa shape index (κ1) is 8.70. The van der Waals surface area contributed by atoms with Crippen LogP contribution in [0.25, 0.3) is 0 Å². The molecule has 2 rings (SSSR count). The van der Waals surface area contributed by atoms with Crippen LogP contribution in [0.3, 0.4) is 0 Å². The van der Waals surface area contributed by atoms with E-state index in [-0.39, 0.29) is 0 Å². The minimum atomic E-state index is 0.554. The zero-order chi connectivity index (χ0) is 9.26. The molecule has 1 saturated heterocycles. The van der Waals surface area contributed by atoms with Crippen LogP contribution >= 0.6 is 0 Å². The number of nitrogens with zero attached hydrogens (tertiary/aromatic N) is 1. The maximum Gasteiger partial charge on any atom is 0.0327 e. The van der Waals surface area contributed by atoms with E-state index < -0.39 is 0 Å². The van der Waals surface area contributed by atoms with Gasteiger partial charge in [0, 0.05) is 18.4 Å². The zero-order valence-corrected chi connectivity index (χ0v) is 8.25. The largest absolute Gasteiger partial charge is 0.310 e. The summed E-state index contributed by atoms with van der Waals surface area (Å²) in [6, 6.07) is 2.68. The van der Waals surface area contributed by atoms with Crippen LogP contribution < -0.4 is 5.32 Å². The Balaban J connectivity index is 2.21. The highest BCUT2D eigenvalue weighted by molar-refractivity contribution is 5.26.